The molecule has 0 radical (unpaired) electrons. The molecule has 1 heterocycles. The van der Waals surface area contributed by atoms with Crippen molar-refractivity contribution in [3.63, 3.8) is 0 Å². The van der Waals surface area contributed by atoms with Gasteiger partial charge in [-0.1, -0.05) is 17.7 Å². The highest BCUT2D eigenvalue weighted by atomic mass is 35.5. The van der Waals surface area contributed by atoms with Crippen LogP contribution in [-0.4, -0.2) is 41.8 Å². The van der Waals surface area contributed by atoms with Crippen LogP contribution in [0.5, 0.6) is 0 Å². The number of hydrogen-bond acceptors (Lipinski definition) is 5. The molecule has 2 rings (SSSR count). The van der Waals surface area contributed by atoms with Crippen LogP contribution in [0.1, 0.15) is 22.5 Å². The van der Waals surface area contributed by atoms with Crippen molar-refractivity contribution in [1.29, 1.82) is 0 Å². The van der Waals surface area contributed by atoms with E-state index in [9.17, 15) is 4.39 Å². The van der Waals surface area contributed by atoms with E-state index in [-0.39, 0.29) is 18.9 Å². The Morgan fingerprint density at radius 3 is 2.78 bits per heavy atom. The highest BCUT2D eigenvalue weighted by Gasteiger charge is 2.17. The van der Waals surface area contributed by atoms with Crippen LogP contribution in [-0.2, 0) is 24.3 Å². The first-order chi connectivity index (χ1) is 12.8. The molecule has 2 N–H and O–H groups in total. The van der Waals surface area contributed by atoms with Crippen molar-refractivity contribution in [2.75, 3.05) is 27.7 Å². The summed E-state index contributed by atoms with van der Waals surface area (Å²) in [6.07, 6.45) is 2.01. The third kappa shape index (κ3) is 6.05. The highest BCUT2D eigenvalue weighted by Crippen LogP contribution is 2.30. The Morgan fingerprint density at radius 2 is 2.19 bits per heavy atom. The molecule has 0 amide bonds. The Balaban J connectivity index is 2.31. The minimum atomic E-state index is -0.308. The van der Waals surface area contributed by atoms with Gasteiger partial charge in [-0.3, -0.25) is 8.99 Å². The van der Waals surface area contributed by atoms with Crippen LogP contribution in [0.25, 0.3) is 0 Å². The minimum absolute atomic E-state index is 0.0515. The maximum atomic E-state index is 13.9. The zero-order valence-electron chi connectivity index (χ0n) is 16.1. The van der Waals surface area contributed by atoms with Crippen molar-refractivity contribution in [3.8, 4) is 0 Å². The van der Waals surface area contributed by atoms with Crippen LogP contribution in [0.3, 0.4) is 0 Å². The summed E-state index contributed by atoms with van der Waals surface area (Å²) >= 11 is 8.00. The lowest BCUT2D eigenvalue weighted by Crippen LogP contribution is -2.09. The van der Waals surface area contributed by atoms with Crippen LogP contribution < -0.4 is 5.73 Å². The average Bonchev–Trinajstić information content (AvgIpc) is 2.86. The number of aryl methyl sites for hydroxylation is 1. The van der Waals surface area contributed by atoms with Crippen LogP contribution in [0, 0.1) is 6.92 Å². The second-order valence-electron chi connectivity index (χ2n) is 6.33. The zero-order valence-corrected chi connectivity index (χ0v) is 17.7. The molecule has 5 nitrogen and oxygen atoms in total. The normalized spacial score (nSPS) is 12.2. The van der Waals surface area contributed by atoms with Crippen molar-refractivity contribution in [3.05, 3.63) is 57.6 Å². The number of benzene rings is 1. The Kier molecular flexibility index (Phi) is 8.31. The molecule has 0 fully saturated rings. The molecule has 0 aliphatic rings. The average molecular weight is 413 g/mol. The van der Waals surface area contributed by atoms with E-state index in [1.807, 2.05) is 37.5 Å². The summed E-state index contributed by atoms with van der Waals surface area (Å²) < 4.78 is 22.9. The van der Waals surface area contributed by atoms with Gasteiger partial charge in [0.1, 0.15) is 5.83 Å². The van der Waals surface area contributed by atoms with Crippen LogP contribution in [0.15, 0.2) is 35.0 Å². The molecule has 2 aromatic rings. The van der Waals surface area contributed by atoms with Gasteiger partial charge in [-0.05, 0) is 56.7 Å². The molecule has 148 valence electrons. The van der Waals surface area contributed by atoms with Crippen molar-refractivity contribution in [2.24, 2.45) is 5.73 Å². The fraction of sp³-hybridized carbons (Fsp3) is 0.421. The number of allylic oxidation sites excluding steroid dienone is 1. The number of aromatic nitrogens is 2. The molecule has 0 saturated heterocycles. The molecule has 27 heavy (non-hydrogen) atoms. The van der Waals surface area contributed by atoms with E-state index in [0.29, 0.717) is 18.1 Å². The summed E-state index contributed by atoms with van der Waals surface area (Å²) in [5, 5.41) is 5.21. The number of nitrogens with zero attached hydrogens (tertiary/aromatic N) is 3. The van der Waals surface area contributed by atoms with E-state index in [1.165, 1.54) is 6.08 Å². The second kappa shape index (κ2) is 10.2. The van der Waals surface area contributed by atoms with E-state index in [2.05, 4.69) is 11.2 Å². The van der Waals surface area contributed by atoms with Gasteiger partial charge in [0.25, 0.3) is 0 Å². The maximum absolute atomic E-state index is 13.9. The highest BCUT2D eigenvalue weighted by molar-refractivity contribution is 7.97. The number of hydrogen-bond donors (Lipinski definition) is 1. The number of nitrogens with two attached hydrogens (primary N) is 1. The Hall–Kier alpha value is -1.38. The van der Waals surface area contributed by atoms with E-state index >= 15 is 0 Å². The largest absolute Gasteiger partial charge is 0.378 e. The van der Waals surface area contributed by atoms with Crippen molar-refractivity contribution >= 4 is 23.5 Å². The summed E-state index contributed by atoms with van der Waals surface area (Å²) in [5.41, 5.74) is 9.20. The predicted molar refractivity (Wildman–Crippen MR) is 110 cm³/mol. The fourth-order valence-electron chi connectivity index (χ4n) is 2.79. The van der Waals surface area contributed by atoms with E-state index < -0.39 is 0 Å². The van der Waals surface area contributed by atoms with Crippen LogP contribution in [0.4, 0.5) is 4.39 Å². The molecule has 0 bridgehead atoms. The Morgan fingerprint density at radius 1 is 1.44 bits per heavy atom. The molecule has 0 spiro atoms. The van der Waals surface area contributed by atoms with E-state index in [0.717, 1.165) is 27.4 Å². The molecule has 1 aromatic heterocycles. The summed E-state index contributed by atoms with van der Waals surface area (Å²) in [6.45, 7) is 2.49. The van der Waals surface area contributed by atoms with Gasteiger partial charge in [0.2, 0.25) is 0 Å². The summed E-state index contributed by atoms with van der Waals surface area (Å²) in [5.74, 6) is -0.308. The topological polar surface area (TPSA) is 56.3 Å². The molecular formula is C19H26ClFN4OS. The standard InChI is InChI=1S/C19H26ClFN4OS/c1-13-16(9-14-5-6-19(17(20)10-14)27-24(2)3)18(12-26-4)25(23-13)11-15(21)7-8-22/h5-7,10H,8-9,11-12,22H2,1-4H3/b15-7-. The minimum Gasteiger partial charge on any atom is -0.378 e. The third-order valence-corrected chi connectivity index (χ3v) is 5.29. The molecule has 0 unspecified atom stereocenters. The lowest BCUT2D eigenvalue weighted by Gasteiger charge is -2.12. The van der Waals surface area contributed by atoms with Gasteiger partial charge in [-0.2, -0.15) is 5.10 Å². The van der Waals surface area contributed by atoms with E-state index in [1.54, 1.807) is 23.7 Å². The van der Waals surface area contributed by atoms with Gasteiger partial charge in [-0.25, -0.2) is 4.39 Å². The van der Waals surface area contributed by atoms with Gasteiger partial charge < -0.3 is 10.5 Å². The Labute approximate surface area is 169 Å². The number of methoxy groups -OCH3 is 1. The molecule has 0 aliphatic carbocycles. The number of rotatable bonds is 9. The lowest BCUT2D eigenvalue weighted by atomic mass is 10.0. The van der Waals surface area contributed by atoms with Gasteiger partial charge in [0, 0.05) is 30.5 Å². The number of ether oxygens (including phenoxy) is 1. The predicted octanol–water partition coefficient (Wildman–Crippen LogP) is 3.96. The fourth-order valence-corrected chi connectivity index (χ4v) is 3.77. The Bertz CT molecular complexity index is 807. The lowest BCUT2D eigenvalue weighted by molar-refractivity contribution is 0.176. The molecular weight excluding hydrogens is 387 g/mol. The van der Waals surface area contributed by atoms with Gasteiger partial charge in [-0.15, -0.1) is 0 Å². The zero-order chi connectivity index (χ0) is 20.0. The van der Waals surface area contributed by atoms with Crippen molar-refractivity contribution in [2.45, 2.75) is 31.4 Å². The maximum Gasteiger partial charge on any atom is 0.119 e. The summed E-state index contributed by atoms with van der Waals surface area (Å²) in [7, 11) is 5.57. The SMILES string of the molecule is COCc1c(Cc2ccc(SN(C)C)c(Cl)c2)c(C)nn1C/C(F)=C/CN. The van der Waals surface area contributed by atoms with E-state index in [4.69, 9.17) is 22.1 Å². The van der Waals surface area contributed by atoms with Crippen molar-refractivity contribution in [1.82, 2.24) is 14.1 Å². The smallest absolute Gasteiger partial charge is 0.119 e. The summed E-state index contributed by atoms with van der Waals surface area (Å²) in [4.78, 5) is 1.00. The summed E-state index contributed by atoms with van der Waals surface area (Å²) in [6, 6.07) is 6.04. The molecule has 0 aliphatic heterocycles. The quantitative estimate of drug-likeness (QED) is 0.631. The van der Waals surface area contributed by atoms with Crippen LogP contribution >= 0.6 is 23.5 Å². The first-order valence-corrected chi connectivity index (χ1v) is 9.73. The van der Waals surface area contributed by atoms with Crippen molar-refractivity contribution < 1.29 is 9.13 Å². The van der Waals surface area contributed by atoms with Gasteiger partial charge in [0.05, 0.1) is 29.6 Å². The van der Waals surface area contributed by atoms with Gasteiger partial charge >= 0.3 is 0 Å². The molecule has 8 heteroatoms. The molecule has 0 atom stereocenters. The first kappa shape index (κ1) is 21.9. The second-order valence-corrected chi connectivity index (χ2v) is 8.09. The third-order valence-electron chi connectivity index (χ3n) is 3.95. The van der Waals surface area contributed by atoms with Gasteiger partial charge in [0.15, 0.2) is 0 Å². The molecule has 0 saturated carbocycles. The number of halogens is 2. The first-order valence-electron chi connectivity index (χ1n) is 8.58. The van der Waals surface area contributed by atoms with Crippen LogP contribution in [0.2, 0.25) is 5.02 Å². The molecule has 1 aromatic carbocycles. The monoisotopic (exact) mass is 412 g/mol.